The van der Waals surface area contributed by atoms with Crippen LogP contribution in [0.25, 0.3) is 0 Å². The van der Waals surface area contributed by atoms with Crippen LogP contribution in [-0.2, 0) is 19.1 Å². The highest BCUT2D eigenvalue weighted by molar-refractivity contribution is 5.40. The minimum absolute atomic E-state index is 0.134. The number of aromatic nitrogens is 2. The zero-order valence-electron chi connectivity index (χ0n) is 10.6. The molecule has 0 aliphatic carbocycles. The quantitative estimate of drug-likeness (QED) is 0.803. The number of fused-ring (bicyclic) bond motifs is 1. The first-order valence-electron chi connectivity index (χ1n) is 6.26. The number of halogens is 3. The van der Waals surface area contributed by atoms with E-state index in [1.165, 1.54) is 5.56 Å². The fourth-order valence-electron chi connectivity index (χ4n) is 2.33. The summed E-state index contributed by atoms with van der Waals surface area (Å²) in [6.07, 6.45) is -2.49. The van der Waals surface area contributed by atoms with Crippen molar-refractivity contribution in [3.8, 4) is 0 Å². The molecule has 0 spiro atoms. The molecule has 0 bridgehead atoms. The summed E-state index contributed by atoms with van der Waals surface area (Å²) in [7, 11) is 0. The SMILES string of the molecule is FC(F)(F)c1ccnc(N2CCc3ccccc3C2)n1. The van der Waals surface area contributed by atoms with Crippen LogP contribution in [0.15, 0.2) is 36.5 Å². The van der Waals surface area contributed by atoms with Crippen LogP contribution in [0.5, 0.6) is 0 Å². The van der Waals surface area contributed by atoms with Crippen molar-refractivity contribution in [3.05, 3.63) is 53.3 Å². The number of nitrogens with zero attached hydrogens (tertiary/aromatic N) is 3. The van der Waals surface area contributed by atoms with Crippen LogP contribution in [0.3, 0.4) is 0 Å². The molecule has 0 unspecified atom stereocenters. The molecule has 1 aliphatic rings. The second kappa shape index (κ2) is 4.77. The number of hydrogen-bond donors (Lipinski definition) is 0. The third kappa shape index (κ3) is 2.45. The van der Waals surface area contributed by atoms with Crippen LogP contribution in [0.4, 0.5) is 19.1 Å². The molecule has 0 N–H and O–H groups in total. The highest BCUT2D eigenvalue weighted by atomic mass is 19.4. The molecule has 2 aromatic rings. The number of anilines is 1. The Morgan fingerprint density at radius 3 is 2.55 bits per heavy atom. The smallest absolute Gasteiger partial charge is 0.336 e. The molecular weight excluding hydrogens is 267 g/mol. The van der Waals surface area contributed by atoms with Gasteiger partial charge in [0.25, 0.3) is 0 Å². The Morgan fingerprint density at radius 2 is 1.80 bits per heavy atom. The molecule has 1 aliphatic heterocycles. The molecule has 0 fully saturated rings. The predicted molar refractivity (Wildman–Crippen MR) is 68.2 cm³/mol. The van der Waals surface area contributed by atoms with E-state index in [9.17, 15) is 13.2 Å². The molecule has 0 amide bonds. The van der Waals surface area contributed by atoms with Crippen LogP contribution in [0, 0.1) is 0 Å². The van der Waals surface area contributed by atoms with Gasteiger partial charge in [-0.2, -0.15) is 13.2 Å². The van der Waals surface area contributed by atoms with Gasteiger partial charge in [0, 0.05) is 19.3 Å². The Morgan fingerprint density at radius 1 is 1.05 bits per heavy atom. The van der Waals surface area contributed by atoms with Crippen molar-refractivity contribution in [1.82, 2.24) is 9.97 Å². The largest absolute Gasteiger partial charge is 0.433 e. The molecular formula is C14H12F3N3. The molecule has 3 nitrogen and oxygen atoms in total. The van der Waals surface area contributed by atoms with Gasteiger partial charge in [0.15, 0.2) is 0 Å². The summed E-state index contributed by atoms with van der Waals surface area (Å²) in [6, 6.07) is 8.81. The first-order chi connectivity index (χ1) is 9.54. The van der Waals surface area contributed by atoms with Crippen molar-refractivity contribution in [3.63, 3.8) is 0 Å². The normalized spacial score (nSPS) is 15.1. The summed E-state index contributed by atoms with van der Waals surface area (Å²) in [5, 5.41) is 0. The van der Waals surface area contributed by atoms with E-state index in [4.69, 9.17) is 0 Å². The summed E-state index contributed by atoms with van der Waals surface area (Å²) in [6.45, 7) is 1.16. The molecule has 2 heterocycles. The van der Waals surface area contributed by atoms with Crippen molar-refractivity contribution in [1.29, 1.82) is 0 Å². The summed E-state index contributed by atoms with van der Waals surface area (Å²) >= 11 is 0. The Balaban J connectivity index is 1.88. The summed E-state index contributed by atoms with van der Waals surface area (Å²) in [5.74, 6) is 0.134. The van der Waals surface area contributed by atoms with Gasteiger partial charge in [-0.3, -0.25) is 0 Å². The van der Waals surface area contributed by atoms with E-state index >= 15 is 0 Å². The van der Waals surface area contributed by atoms with Crippen molar-refractivity contribution in [2.24, 2.45) is 0 Å². The first-order valence-corrected chi connectivity index (χ1v) is 6.26. The molecule has 0 saturated carbocycles. The van der Waals surface area contributed by atoms with E-state index in [-0.39, 0.29) is 5.95 Å². The van der Waals surface area contributed by atoms with Gasteiger partial charge in [-0.25, -0.2) is 9.97 Å². The van der Waals surface area contributed by atoms with Gasteiger partial charge in [0.2, 0.25) is 5.95 Å². The van der Waals surface area contributed by atoms with Crippen molar-refractivity contribution < 1.29 is 13.2 Å². The lowest BCUT2D eigenvalue weighted by atomic mass is 10.0. The Hall–Kier alpha value is -2.11. The standard InChI is InChI=1S/C14H12F3N3/c15-14(16,17)12-5-7-18-13(19-12)20-8-6-10-3-1-2-4-11(10)9-20/h1-5,7H,6,8-9H2. The van der Waals surface area contributed by atoms with Gasteiger partial charge in [-0.05, 0) is 23.6 Å². The lowest BCUT2D eigenvalue weighted by molar-refractivity contribution is -0.141. The summed E-state index contributed by atoms with van der Waals surface area (Å²) in [5.41, 5.74) is 1.44. The number of benzene rings is 1. The zero-order chi connectivity index (χ0) is 14.2. The van der Waals surface area contributed by atoms with Crippen LogP contribution in [0.2, 0.25) is 0 Å². The van der Waals surface area contributed by atoms with Crippen molar-refractivity contribution in [2.45, 2.75) is 19.1 Å². The average molecular weight is 279 g/mol. The highest BCUT2D eigenvalue weighted by Crippen LogP contribution is 2.29. The van der Waals surface area contributed by atoms with Gasteiger partial charge in [-0.1, -0.05) is 24.3 Å². The number of hydrogen-bond acceptors (Lipinski definition) is 3. The summed E-state index contributed by atoms with van der Waals surface area (Å²) in [4.78, 5) is 9.37. The number of rotatable bonds is 1. The lowest BCUT2D eigenvalue weighted by Crippen LogP contribution is -2.32. The van der Waals surface area contributed by atoms with E-state index in [1.807, 2.05) is 24.3 Å². The Kier molecular flexibility index (Phi) is 3.08. The Bertz CT molecular complexity index is 625. The molecule has 104 valence electrons. The van der Waals surface area contributed by atoms with E-state index in [0.717, 1.165) is 24.2 Å². The van der Waals surface area contributed by atoms with Crippen LogP contribution < -0.4 is 4.90 Å². The molecule has 20 heavy (non-hydrogen) atoms. The second-order valence-corrected chi connectivity index (χ2v) is 4.68. The molecule has 6 heteroatoms. The van der Waals surface area contributed by atoms with Crippen LogP contribution in [0.1, 0.15) is 16.8 Å². The van der Waals surface area contributed by atoms with Gasteiger partial charge in [-0.15, -0.1) is 0 Å². The second-order valence-electron chi connectivity index (χ2n) is 4.68. The topological polar surface area (TPSA) is 29.0 Å². The fraction of sp³-hybridized carbons (Fsp3) is 0.286. The van der Waals surface area contributed by atoms with E-state index in [1.54, 1.807) is 4.90 Å². The number of alkyl halides is 3. The third-order valence-electron chi connectivity index (χ3n) is 3.35. The molecule has 0 atom stereocenters. The maximum absolute atomic E-state index is 12.7. The Labute approximate surface area is 114 Å². The van der Waals surface area contributed by atoms with Crippen LogP contribution >= 0.6 is 0 Å². The minimum Gasteiger partial charge on any atom is -0.336 e. The van der Waals surface area contributed by atoms with Gasteiger partial charge >= 0.3 is 6.18 Å². The fourth-order valence-corrected chi connectivity index (χ4v) is 2.33. The monoisotopic (exact) mass is 279 g/mol. The lowest BCUT2D eigenvalue weighted by Gasteiger charge is -2.29. The highest BCUT2D eigenvalue weighted by Gasteiger charge is 2.33. The van der Waals surface area contributed by atoms with E-state index in [2.05, 4.69) is 9.97 Å². The molecule has 3 rings (SSSR count). The summed E-state index contributed by atoms with van der Waals surface area (Å²) < 4.78 is 38.0. The molecule has 1 aromatic carbocycles. The third-order valence-corrected chi connectivity index (χ3v) is 3.35. The molecule has 0 saturated heterocycles. The van der Waals surface area contributed by atoms with Gasteiger partial charge in [0.1, 0.15) is 5.69 Å². The van der Waals surface area contributed by atoms with Gasteiger partial charge in [0.05, 0.1) is 0 Å². The molecule has 0 radical (unpaired) electrons. The minimum atomic E-state index is -4.44. The zero-order valence-corrected chi connectivity index (χ0v) is 10.6. The maximum atomic E-state index is 12.7. The van der Waals surface area contributed by atoms with Crippen molar-refractivity contribution >= 4 is 5.95 Å². The van der Waals surface area contributed by atoms with E-state index < -0.39 is 11.9 Å². The van der Waals surface area contributed by atoms with Gasteiger partial charge < -0.3 is 4.90 Å². The molecule has 1 aromatic heterocycles. The maximum Gasteiger partial charge on any atom is 0.433 e. The predicted octanol–water partition coefficient (Wildman–Crippen LogP) is 3.06. The average Bonchev–Trinajstić information content (AvgIpc) is 2.46. The van der Waals surface area contributed by atoms with E-state index in [0.29, 0.717) is 13.1 Å². The van der Waals surface area contributed by atoms with Crippen LogP contribution in [-0.4, -0.2) is 16.5 Å². The van der Waals surface area contributed by atoms with Crippen molar-refractivity contribution in [2.75, 3.05) is 11.4 Å². The first kappa shape index (κ1) is 12.9.